The molecule has 0 aliphatic carbocycles. The molecular formula is C5H10NO2P. The summed E-state index contributed by atoms with van der Waals surface area (Å²) in [6.45, 7) is 3.97. The minimum atomic E-state index is -0.164. The Morgan fingerprint density at radius 3 is 2.67 bits per heavy atom. The fourth-order valence-corrected chi connectivity index (χ4v) is 1.58. The molecule has 0 aromatic rings. The Morgan fingerprint density at radius 1 is 1.78 bits per heavy atom. The first kappa shape index (κ1) is 6.81. The van der Waals surface area contributed by atoms with Crippen LogP contribution in [0.25, 0.3) is 0 Å². The van der Waals surface area contributed by atoms with Gasteiger partial charge in [0.05, 0.1) is 0 Å². The number of hydrogen-bond acceptors (Lipinski definition) is 2. The maximum atomic E-state index is 10.7. The van der Waals surface area contributed by atoms with Crippen molar-refractivity contribution in [1.82, 2.24) is 4.67 Å². The predicted molar refractivity (Wildman–Crippen MR) is 36.6 cm³/mol. The molecule has 0 N–H and O–H groups in total. The van der Waals surface area contributed by atoms with Gasteiger partial charge in [-0.05, 0) is 13.8 Å². The maximum Gasteiger partial charge on any atom is 0.413 e. The van der Waals surface area contributed by atoms with E-state index in [-0.39, 0.29) is 6.09 Å². The molecule has 1 aliphatic rings. The monoisotopic (exact) mass is 147 g/mol. The van der Waals surface area contributed by atoms with E-state index in [0.717, 1.165) is 0 Å². The van der Waals surface area contributed by atoms with Crippen LogP contribution in [0.2, 0.25) is 0 Å². The lowest BCUT2D eigenvalue weighted by Crippen LogP contribution is -2.24. The van der Waals surface area contributed by atoms with Crippen molar-refractivity contribution in [3.63, 3.8) is 0 Å². The lowest BCUT2D eigenvalue weighted by molar-refractivity contribution is 0.154. The highest BCUT2D eigenvalue weighted by Crippen LogP contribution is 2.28. The zero-order valence-electron chi connectivity index (χ0n) is 5.55. The van der Waals surface area contributed by atoms with Gasteiger partial charge in [0.2, 0.25) is 0 Å². The smallest absolute Gasteiger partial charge is 0.413 e. The third-order valence-corrected chi connectivity index (χ3v) is 2.46. The SMILES string of the molecule is CC(C)N1PCOC1=O. The van der Waals surface area contributed by atoms with Gasteiger partial charge < -0.3 is 4.74 Å². The number of carbonyl (C=O) groups is 1. The molecule has 0 aromatic heterocycles. The number of cyclic esters (lactones) is 1. The largest absolute Gasteiger partial charge is 0.443 e. The van der Waals surface area contributed by atoms with Gasteiger partial charge in [-0.3, -0.25) is 4.67 Å². The third-order valence-electron chi connectivity index (χ3n) is 1.14. The zero-order chi connectivity index (χ0) is 6.85. The van der Waals surface area contributed by atoms with E-state index in [4.69, 9.17) is 4.74 Å². The summed E-state index contributed by atoms with van der Waals surface area (Å²) < 4.78 is 6.46. The van der Waals surface area contributed by atoms with E-state index in [1.54, 1.807) is 4.67 Å². The van der Waals surface area contributed by atoms with Crippen molar-refractivity contribution in [3.05, 3.63) is 0 Å². The standard InChI is InChI=1S/C5H10NO2P/c1-4(2)6-5(7)8-3-9-6/h4,9H,3H2,1-2H3. The Balaban J connectivity index is 2.49. The molecular weight excluding hydrogens is 137 g/mol. The van der Waals surface area contributed by atoms with Crippen LogP contribution in [0.15, 0.2) is 0 Å². The van der Waals surface area contributed by atoms with Gasteiger partial charge in [-0.15, -0.1) is 0 Å². The molecule has 1 amide bonds. The molecule has 52 valence electrons. The zero-order valence-corrected chi connectivity index (χ0v) is 6.55. The first-order valence-electron chi connectivity index (χ1n) is 2.91. The van der Waals surface area contributed by atoms with Crippen LogP contribution in [-0.4, -0.2) is 23.2 Å². The highest BCUT2D eigenvalue weighted by Gasteiger charge is 2.23. The number of rotatable bonds is 1. The summed E-state index contributed by atoms with van der Waals surface area (Å²) in [5, 5.41) is 0. The molecule has 1 unspecified atom stereocenters. The van der Waals surface area contributed by atoms with Gasteiger partial charge in [0, 0.05) is 14.8 Å². The topological polar surface area (TPSA) is 29.5 Å². The highest BCUT2D eigenvalue weighted by atomic mass is 31.1. The first-order chi connectivity index (χ1) is 4.22. The van der Waals surface area contributed by atoms with Crippen LogP contribution in [0, 0.1) is 0 Å². The highest BCUT2D eigenvalue weighted by molar-refractivity contribution is 7.36. The third kappa shape index (κ3) is 1.33. The number of hydrogen-bond donors (Lipinski definition) is 0. The maximum absolute atomic E-state index is 10.7. The van der Waals surface area contributed by atoms with E-state index in [0.29, 0.717) is 21.1 Å². The summed E-state index contributed by atoms with van der Waals surface area (Å²) in [5.41, 5.74) is 0. The summed E-state index contributed by atoms with van der Waals surface area (Å²) in [7, 11) is 0.522. The second-order valence-corrected chi connectivity index (χ2v) is 3.26. The number of nitrogens with zero attached hydrogens (tertiary/aromatic N) is 1. The van der Waals surface area contributed by atoms with E-state index in [1.807, 2.05) is 13.8 Å². The second kappa shape index (κ2) is 2.53. The number of carbonyl (C=O) groups excluding carboxylic acids is 1. The number of amides is 1. The molecule has 0 saturated carbocycles. The first-order valence-corrected chi connectivity index (χ1v) is 4.06. The van der Waals surface area contributed by atoms with Gasteiger partial charge in [-0.2, -0.15) is 0 Å². The van der Waals surface area contributed by atoms with Crippen molar-refractivity contribution in [1.29, 1.82) is 0 Å². The average Bonchev–Trinajstić information content (AvgIpc) is 2.13. The summed E-state index contributed by atoms with van der Waals surface area (Å²) >= 11 is 0. The van der Waals surface area contributed by atoms with Gasteiger partial charge in [-0.25, -0.2) is 4.79 Å². The Bertz CT molecular complexity index is 126. The molecule has 0 bridgehead atoms. The second-order valence-electron chi connectivity index (χ2n) is 2.18. The molecule has 0 spiro atoms. The minimum Gasteiger partial charge on any atom is -0.443 e. The molecule has 1 atom stereocenters. The molecule has 1 aliphatic heterocycles. The van der Waals surface area contributed by atoms with Crippen LogP contribution in [0.1, 0.15) is 13.8 Å². The molecule has 3 nitrogen and oxygen atoms in total. The van der Waals surface area contributed by atoms with Crippen LogP contribution in [-0.2, 0) is 4.74 Å². The van der Waals surface area contributed by atoms with Gasteiger partial charge in [-0.1, -0.05) is 0 Å². The van der Waals surface area contributed by atoms with E-state index < -0.39 is 0 Å². The van der Waals surface area contributed by atoms with Gasteiger partial charge in [0.25, 0.3) is 0 Å². The lowest BCUT2D eigenvalue weighted by atomic mass is 10.4. The van der Waals surface area contributed by atoms with Crippen LogP contribution >= 0.6 is 8.73 Å². The summed E-state index contributed by atoms with van der Waals surface area (Å²) in [6.07, 6.45) is 0.417. The molecule has 4 heteroatoms. The normalized spacial score (nSPS) is 21.7. The van der Waals surface area contributed by atoms with E-state index in [2.05, 4.69) is 0 Å². The molecule has 9 heavy (non-hydrogen) atoms. The van der Waals surface area contributed by atoms with Crippen LogP contribution in [0.5, 0.6) is 0 Å². The predicted octanol–water partition coefficient (Wildman–Crippen LogP) is 1.40. The van der Waals surface area contributed by atoms with Crippen molar-refractivity contribution >= 4 is 14.8 Å². The summed E-state index contributed by atoms with van der Waals surface area (Å²) in [4.78, 5) is 10.7. The Labute approximate surface area is 56.2 Å². The molecule has 1 rings (SSSR count). The van der Waals surface area contributed by atoms with Crippen LogP contribution in [0.4, 0.5) is 4.79 Å². The van der Waals surface area contributed by atoms with Crippen molar-refractivity contribution in [3.8, 4) is 0 Å². The van der Waals surface area contributed by atoms with Crippen molar-refractivity contribution in [2.75, 3.05) is 6.35 Å². The van der Waals surface area contributed by atoms with Crippen LogP contribution in [0.3, 0.4) is 0 Å². The van der Waals surface area contributed by atoms with Crippen molar-refractivity contribution in [2.45, 2.75) is 19.9 Å². The number of ether oxygens (including phenoxy) is 1. The van der Waals surface area contributed by atoms with E-state index in [9.17, 15) is 4.79 Å². The fourth-order valence-electron chi connectivity index (χ4n) is 0.691. The lowest BCUT2D eigenvalue weighted by Gasteiger charge is -2.15. The molecule has 0 aromatic carbocycles. The average molecular weight is 147 g/mol. The minimum absolute atomic E-state index is 0.164. The molecule has 1 heterocycles. The summed E-state index contributed by atoms with van der Waals surface area (Å²) in [5.74, 6) is 0. The fraction of sp³-hybridized carbons (Fsp3) is 0.800. The Hall–Kier alpha value is -0.300. The van der Waals surface area contributed by atoms with E-state index >= 15 is 0 Å². The Morgan fingerprint density at radius 2 is 2.44 bits per heavy atom. The quantitative estimate of drug-likeness (QED) is 0.524. The van der Waals surface area contributed by atoms with Gasteiger partial charge >= 0.3 is 6.09 Å². The molecule has 1 fully saturated rings. The molecule has 1 saturated heterocycles. The van der Waals surface area contributed by atoms with Crippen molar-refractivity contribution in [2.24, 2.45) is 0 Å². The van der Waals surface area contributed by atoms with E-state index in [1.165, 1.54) is 0 Å². The Kier molecular flexibility index (Phi) is 1.91. The van der Waals surface area contributed by atoms with Crippen molar-refractivity contribution < 1.29 is 9.53 Å². The molecule has 0 radical (unpaired) electrons. The summed E-state index contributed by atoms with van der Waals surface area (Å²) in [6, 6.07) is 0.290. The van der Waals surface area contributed by atoms with Gasteiger partial charge in [0.15, 0.2) is 0 Å². The van der Waals surface area contributed by atoms with Gasteiger partial charge in [0.1, 0.15) is 6.35 Å². The van der Waals surface area contributed by atoms with Crippen LogP contribution < -0.4 is 0 Å².